The lowest BCUT2D eigenvalue weighted by molar-refractivity contribution is 0.628. The van der Waals surface area contributed by atoms with Gasteiger partial charge in [0.05, 0.1) is 0 Å². The van der Waals surface area contributed by atoms with Gasteiger partial charge in [-0.15, -0.1) is 0 Å². The summed E-state index contributed by atoms with van der Waals surface area (Å²) >= 11 is 3.33. The van der Waals surface area contributed by atoms with Gasteiger partial charge in [-0.1, -0.05) is 0 Å². The van der Waals surface area contributed by atoms with Crippen LogP contribution in [0.5, 0.6) is 0 Å². The smallest absolute Gasteiger partial charge is 0.132 e. The lowest BCUT2D eigenvalue weighted by Gasteiger charge is -2.18. The highest BCUT2D eigenvalue weighted by Gasteiger charge is 2.04. The van der Waals surface area contributed by atoms with E-state index in [0.29, 0.717) is 0 Å². The van der Waals surface area contributed by atoms with Gasteiger partial charge in [0.15, 0.2) is 0 Å². The minimum absolute atomic E-state index is 0.235. The van der Waals surface area contributed by atoms with Gasteiger partial charge in [-0.3, -0.25) is 0 Å². The SMILES string of the molecule is CN(c1ccc(F)cc1)c1ccc(Br)cn1. The van der Waals surface area contributed by atoms with E-state index in [9.17, 15) is 4.39 Å². The Morgan fingerprint density at radius 2 is 1.81 bits per heavy atom. The number of hydrogen-bond donors (Lipinski definition) is 0. The molecule has 0 fully saturated rings. The average Bonchev–Trinajstić information content (AvgIpc) is 2.30. The molecule has 4 heteroatoms. The molecule has 0 spiro atoms. The van der Waals surface area contributed by atoms with Crippen LogP contribution in [0.4, 0.5) is 15.9 Å². The fraction of sp³-hybridized carbons (Fsp3) is 0.0833. The lowest BCUT2D eigenvalue weighted by atomic mass is 10.3. The molecule has 1 heterocycles. The van der Waals surface area contributed by atoms with E-state index in [1.54, 1.807) is 18.3 Å². The molecular weight excluding hydrogens is 271 g/mol. The van der Waals surface area contributed by atoms with E-state index >= 15 is 0 Å². The van der Waals surface area contributed by atoms with Gasteiger partial charge in [-0.05, 0) is 52.3 Å². The van der Waals surface area contributed by atoms with Crippen LogP contribution in [0.15, 0.2) is 47.1 Å². The molecule has 0 atom stereocenters. The largest absolute Gasteiger partial charge is 0.329 e. The Morgan fingerprint density at radius 1 is 1.12 bits per heavy atom. The molecule has 0 aliphatic carbocycles. The first-order valence-corrected chi connectivity index (χ1v) is 5.57. The van der Waals surface area contributed by atoms with Gasteiger partial charge < -0.3 is 4.90 Å². The van der Waals surface area contributed by atoms with Gasteiger partial charge >= 0.3 is 0 Å². The first-order chi connectivity index (χ1) is 7.66. The molecular formula is C12H10BrFN2. The molecule has 0 N–H and O–H groups in total. The van der Waals surface area contributed by atoms with Crippen molar-refractivity contribution >= 4 is 27.4 Å². The van der Waals surface area contributed by atoms with Crippen LogP contribution >= 0.6 is 15.9 Å². The van der Waals surface area contributed by atoms with Crippen LogP contribution in [-0.2, 0) is 0 Å². The molecule has 0 radical (unpaired) electrons. The van der Waals surface area contributed by atoms with Crippen molar-refractivity contribution in [3.63, 3.8) is 0 Å². The number of aromatic nitrogens is 1. The summed E-state index contributed by atoms with van der Waals surface area (Å²) in [6.07, 6.45) is 1.73. The molecule has 2 aromatic rings. The summed E-state index contributed by atoms with van der Waals surface area (Å²) in [6, 6.07) is 10.1. The molecule has 1 aromatic carbocycles. The van der Waals surface area contributed by atoms with Crippen molar-refractivity contribution in [2.45, 2.75) is 0 Å². The van der Waals surface area contributed by atoms with Crippen LogP contribution in [0.25, 0.3) is 0 Å². The second kappa shape index (κ2) is 4.61. The molecule has 0 bridgehead atoms. The molecule has 0 saturated heterocycles. The Bertz CT molecular complexity index is 422. The maximum atomic E-state index is 12.8. The Morgan fingerprint density at radius 3 is 2.38 bits per heavy atom. The molecule has 0 aliphatic heterocycles. The van der Waals surface area contributed by atoms with Crippen molar-refractivity contribution in [1.29, 1.82) is 0 Å². The van der Waals surface area contributed by atoms with Crippen molar-refractivity contribution in [2.75, 3.05) is 11.9 Å². The van der Waals surface area contributed by atoms with Crippen LogP contribution in [0.2, 0.25) is 0 Å². The van der Waals surface area contributed by atoms with Crippen molar-refractivity contribution < 1.29 is 4.39 Å². The van der Waals surface area contributed by atoms with Gasteiger partial charge in [0, 0.05) is 23.4 Å². The summed E-state index contributed by atoms with van der Waals surface area (Å²) < 4.78 is 13.7. The normalized spacial score (nSPS) is 10.2. The summed E-state index contributed by atoms with van der Waals surface area (Å²) in [4.78, 5) is 6.16. The number of halogens is 2. The molecule has 0 amide bonds. The minimum Gasteiger partial charge on any atom is -0.329 e. The third-order valence-corrected chi connectivity index (χ3v) is 2.74. The quantitative estimate of drug-likeness (QED) is 0.833. The molecule has 0 aliphatic rings. The molecule has 0 unspecified atom stereocenters. The third kappa shape index (κ3) is 2.39. The highest BCUT2D eigenvalue weighted by atomic mass is 79.9. The fourth-order valence-corrected chi connectivity index (χ4v) is 1.60. The summed E-state index contributed by atoms with van der Waals surface area (Å²) in [5.74, 6) is 0.579. The summed E-state index contributed by atoms with van der Waals surface area (Å²) in [5.41, 5.74) is 0.899. The van der Waals surface area contributed by atoms with Gasteiger partial charge in [-0.25, -0.2) is 9.37 Å². The molecule has 0 saturated carbocycles. The van der Waals surface area contributed by atoms with E-state index in [4.69, 9.17) is 0 Å². The van der Waals surface area contributed by atoms with E-state index < -0.39 is 0 Å². The van der Waals surface area contributed by atoms with Gasteiger partial charge in [0.2, 0.25) is 0 Å². The van der Waals surface area contributed by atoms with Crippen LogP contribution in [0.1, 0.15) is 0 Å². The summed E-state index contributed by atoms with van der Waals surface area (Å²) in [6.45, 7) is 0. The van der Waals surface area contributed by atoms with E-state index in [0.717, 1.165) is 16.0 Å². The third-order valence-electron chi connectivity index (χ3n) is 2.27. The summed E-state index contributed by atoms with van der Waals surface area (Å²) in [5, 5.41) is 0. The van der Waals surface area contributed by atoms with Crippen LogP contribution in [0.3, 0.4) is 0 Å². The second-order valence-corrected chi connectivity index (χ2v) is 4.29. The minimum atomic E-state index is -0.235. The monoisotopic (exact) mass is 280 g/mol. The maximum Gasteiger partial charge on any atom is 0.132 e. The van der Waals surface area contributed by atoms with E-state index in [1.165, 1.54) is 12.1 Å². The fourth-order valence-electron chi connectivity index (χ4n) is 1.36. The second-order valence-electron chi connectivity index (χ2n) is 3.37. The zero-order chi connectivity index (χ0) is 11.5. The Labute approximate surface area is 102 Å². The van der Waals surface area contributed by atoms with Gasteiger partial charge in [0.25, 0.3) is 0 Å². The summed E-state index contributed by atoms with van der Waals surface area (Å²) in [7, 11) is 1.89. The molecule has 2 rings (SSSR count). The Kier molecular flexibility index (Phi) is 3.19. The lowest BCUT2D eigenvalue weighted by Crippen LogP contribution is -2.10. The topological polar surface area (TPSA) is 16.1 Å². The van der Waals surface area contributed by atoms with Crippen molar-refractivity contribution in [3.05, 3.63) is 52.9 Å². The zero-order valence-corrected chi connectivity index (χ0v) is 10.3. The van der Waals surface area contributed by atoms with E-state index in [-0.39, 0.29) is 5.82 Å². The molecule has 1 aromatic heterocycles. The number of rotatable bonds is 2. The first-order valence-electron chi connectivity index (χ1n) is 4.77. The number of benzene rings is 1. The number of hydrogen-bond acceptors (Lipinski definition) is 2. The Balaban J connectivity index is 2.28. The van der Waals surface area contributed by atoms with E-state index in [1.807, 2.05) is 24.1 Å². The highest BCUT2D eigenvalue weighted by Crippen LogP contribution is 2.22. The van der Waals surface area contributed by atoms with E-state index in [2.05, 4.69) is 20.9 Å². The molecule has 16 heavy (non-hydrogen) atoms. The van der Waals surface area contributed by atoms with Crippen molar-refractivity contribution in [2.24, 2.45) is 0 Å². The van der Waals surface area contributed by atoms with Crippen LogP contribution in [0, 0.1) is 5.82 Å². The maximum absolute atomic E-state index is 12.8. The first kappa shape index (κ1) is 11.1. The number of pyridine rings is 1. The number of anilines is 2. The number of nitrogens with zero attached hydrogens (tertiary/aromatic N) is 2. The van der Waals surface area contributed by atoms with Crippen molar-refractivity contribution in [3.8, 4) is 0 Å². The average molecular weight is 281 g/mol. The predicted molar refractivity (Wildman–Crippen MR) is 66.4 cm³/mol. The highest BCUT2D eigenvalue weighted by molar-refractivity contribution is 9.10. The predicted octanol–water partition coefficient (Wildman–Crippen LogP) is 3.75. The van der Waals surface area contributed by atoms with Crippen molar-refractivity contribution in [1.82, 2.24) is 4.98 Å². The van der Waals surface area contributed by atoms with Crippen LogP contribution in [-0.4, -0.2) is 12.0 Å². The van der Waals surface area contributed by atoms with Gasteiger partial charge in [-0.2, -0.15) is 0 Å². The Hall–Kier alpha value is -1.42. The molecule has 82 valence electrons. The van der Waals surface area contributed by atoms with Gasteiger partial charge in [0.1, 0.15) is 11.6 Å². The standard InChI is InChI=1S/C12H10BrFN2/c1-16(11-5-3-10(14)4-6-11)12-7-2-9(13)8-15-12/h2-8H,1H3. The van der Waals surface area contributed by atoms with Crippen LogP contribution < -0.4 is 4.90 Å². The zero-order valence-electron chi connectivity index (χ0n) is 8.69. The molecule has 2 nitrogen and oxygen atoms in total.